The van der Waals surface area contributed by atoms with E-state index in [4.69, 9.17) is 4.98 Å². The summed E-state index contributed by atoms with van der Waals surface area (Å²) < 4.78 is 27.5. The number of nitrogens with one attached hydrogen (secondary N) is 2. The number of nitrogens with zero attached hydrogens (tertiary/aromatic N) is 4. The van der Waals surface area contributed by atoms with Crippen molar-refractivity contribution in [3.8, 4) is 17.1 Å². The summed E-state index contributed by atoms with van der Waals surface area (Å²) in [4.78, 5) is 33.9. The van der Waals surface area contributed by atoms with E-state index in [9.17, 15) is 18.0 Å². The van der Waals surface area contributed by atoms with Crippen LogP contribution in [-0.2, 0) is 19.4 Å². The van der Waals surface area contributed by atoms with Gasteiger partial charge in [0.2, 0.25) is 11.8 Å². The molecule has 5 rings (SSSR count). The van der Waals surface area contributed by atoms with E-state index in [1.807, 2.05) is 49.5 Å². The van der Waals surface area contributed by atoms with E-state index in [1.54, 1.807) is 10.7 Å². The Bertz CT molecular complexity index is 1570. The molecule has 0 bridgehead atoms. The molecule has 1 aliphatic rings. The molecule has 0 radical (unpaired) electrons. The van der Waals surface area contributed by atoms with Crippen molar-refractivity contribution >= 4 is 43.2 Å². The van der Waals surface area contributed by atoms with Crippen molar-refractivity contribution in [3.05, 3.63) is 59.4 Å². The predicted octanol–water partition coefficient (Wildman–Crippen LogP) is 2.33. The smallest absolute Gasteiger partial charge is 0.245 e. The van der Waals surface area contributed by atoms with E-state index >= 15 is 0 Å². The summed E-state index contributed by atoms with van der Waals surface area (Å²) in [6.45, 7) is 1.62. The van der Waals surface area contributed by atoms with E-state index in [0.29, 0.717) is 11.3 Å². The van der Waals surface area contributed by atoms with E-state index in [0.717, 1.165) is 52.1 Å². The number of aryl methyl sites for hydroxylation is 1. The van der Waals surface area contributed by atoms with Crippen LogP contribution in [0.2, 0.25) is 0 Å². The zero-order chi connectivity index (χ0) is 25.4. The van der Waals surface area contributed by atoms with Crippen molar-refractivity contribution in [1.82, 2.24) is 30.4 Å². The second-order valence-electron chi connectivity index (χ2n) is 8.79. The Kier molecular flexibility index (Phi) is 6.31. The number of thiazole rings is 1. The van der Waals surface area contributed by atoms with Crippen molar-refractivity contribution in [2.24, 2.45) is 0 Å². The maximum atomic E-state index is 12.8. The monoisotopic (exact) mass is 524 g/mol. The third-order valence-electron chi connectivity index (χ3n) is 5.65. The molecule has 186 valence electrons. The van der Waals surface area contributed by atoms with Crippen molar-refractivity contribution in [2.75, 3.05) is 12.8 Å². The summed E-state index contributed by atoms with van der Waals surface area (Å²) in [5.41, 5.74) is 3.00. The summed E-state index contributed by atoms with van der Waals surface area (Å²) in [7, 11) is -3.84. The Morgan fingerprint density at radius 1 is 1.17 bits per heavy atom. The lowest BCUT2D eigenvalue weighted by atomic mass is 10.1. The first-order valence-electron chi connectivity index (χ1n) is 11.3. The number of fused-ring (bicyclic) bond motifs is 1. The molecule has 1 aliphatic carbocycles. The number of aromatic nitrogens is 4. The molecular weight excluding hydrogens is 500 g/mol. The molecule has 3 heterocycles. The predicted molar refractivity (Wildman–Crippen MR) is 136 cm³/mol. The number of hydrogen-bond donors (Lipinski definition) is 2. The number of rotatable bonds is 8. The molecule has 1 unspecified atom stereocenters. The van der Waals surface area contributed by atoms with Crippen LogP contribution in [0.1, 0.15) is 28.8 Å². The fourth-order valence-electron chi connectivity index (χ4n) is 3.72. The number of pyridine rings is 1. The Labute approximate surface area is 211 Å². The van der Waals surface area contributed by atoms with Crippen molar-refractivity contribution in [1.29, 1.82) is 0 Å². The highest BCUT2D eigenvalue weighted by Crippen LogP contribution is 2.33. The highest BCUT2D eigenvalue weighted by Gasteiger charge is 2.34. The number of carbonyl (C=O) groups excluding carboxylic acids is 2. The zero-order valence-electron chi connectivity index (χ0n) is 19.6. The van der Waals surface area contributed by atoms with Crippen molar-refractivity contribution in [2.45, 2.75) is 31.1 Å². The number of benzene rings is 1. The van der Waals surface area contributed by atoms with Gasteiger partial charge in [0.25, 0.3) is 0 Å². The Hall–Kier alpha value is -3.64. The minimum Gasteiger partial charge on any atom is -0.352 e. The average molecular weight is 525 g/mol. The molecule has 3 aromatic heterocycles. The van der Waals surface area contributed by atoms with Crippen LogP contribution in [0.4, 0.5) is 0 Å². The van der Waals surface area contributed by atoms with E-state index in [1.165, 1.54) is 0 Å². The number of carbonyl (C=O) groups is 2. The van der Waals surface area contributed by atoms with Gasteiger partial charge >= 0.3 is 0 Å². The number of sulfone groups is 1. The van der Waals surface area contributed by atoms with Crippen LogP contribution in [0.25, 0.3) is 27.3 Å². The quantitative estimate of drug-likeness (QED) is 0.361. The van der Waals surface area contributed by atoms with Crippen LogP contribution in [0.5, 0.6) is 0 Å². The molecule has 0 spiro atoms. The molecule has 2 N–H and O–H groups in total. The van der Waals surface area contributed by atoms with Crippen molar-refractivity contribution < 1.29 is 18.0 Å². The molecule has 10 nitrogen and oxygen atoms in total. The van der Waals surface area contributed by atoms with E-state index < -0.39 is 21.0 Å². The first kappa shape index (κ1) is 24.1. The highest BCUT2D eigenvalue weighted by molar-refractivity contribution is 7.91. The van der Waals surface area contributed by atoms with E-state index in [-0.39, 0.29) is 23.5 Å². The minimum absolute atomic E-state index is 0.150. The lowest BCUT2D eigenvalue weighted by Gasteiger charge is -2.12. The fraction of sp³-hybridized carbons (Fsp3) is 0.292. The van der Waals surface area contributed by atoms with Gasteiger partial charge in [-0.2, -0.15) is 5.10 Å². The van der Waals surface area contributed by atoms with Crippen LogP contribution in [-0.4, -0.2) is 58.8 Å². The molecule has 1 saturated carbocycles. The number of amides is 2. The van der Waals surface area contributed by atoms with Gasteiger partial charge in [0, 0.05) is 24.1 Å². The molecule has 4 aromatic rings. The minimum atomic E-state index is -3.84. The molecule has 1 atom stereocenters. The lowest BCUT2D eigenvalue weighted by Crippen LogP contribution is -2.41. The van der Waals surface area contributed by atoms with Crippen LogP contribution in [0.3, 0.4) is 0 Å². The molecule has 0 saturated heterocycles. The van der Waals surface area contributed by atoms with Crippen LogP contribution >= 0.6 is 11.3 Å². The highest BCUT2D eigenvalue weighted by atomic mass is 32.2. The first-order chi connectivity index (χ1) is 17.2. The van der Waals surface area contributed by atoms with Gasteiger partial charge in [0.15, 0.2) is 20.9 Å². The summed E-state index contributed by atoms with van der Waals surface area (Å²) in [6.07, 6.45) is 4.67. The van der Waals surface area contributed by atoms with Crippen molar-refractivity contribution in [3.63, 3.8) is 0 Å². The molecule has 2 amide bonds. The largest absolute Gasteiger partial charge is 0.352 e. The Morgan fingerprint density at radius 2 is 1.97 bits per heavy atom. The standard InChI is InChI=1S/C24H24N6O4S2/c1-14-10-11-30(29-14)20-5-3-4-17(27-20)15-6-9-18-19(12-15)35-24(28-18)22(36(2,33)34)23(32)25-13-21(31)26-16-7-8-16/h3-6,9-12,16,22H,7-8,13H2,1-2H3,(H,25,32)(H,26,31). The van der Waals surface area contributed by atoms with Crippen LogP contribution in [0.15, 0.2) is 48.7 Å². The Balaban J connectivity index is 1.41. The van der Waals surface area contributed by atoms with Gasteiger partial charge in [-0.1, -0.05) is 12.1 Å². The normalized spacial score (nSPS) is 14.5. The molecule has 12 heteroatoms. The topological polar surface area (TPSA) is 136 Å². The number of hydrogen-bond acceptors (Lipinski definition) is 8. The SMILES string of the molecule is Cc1ccn(-c2cccc(-c3ccc4nc(C(C(=O)NCC(=O)NC5CC5)S(C)(=O)=O)sc4c3)n2)n1. The lowest BCUT2D eigenvalue weighted by molar-refractivity contribution is -0.126. The molecule has 1 fully saturated rings. The second kappa shape index (κ2) is 9.43. The van der Waals surface area contributed by atoms with Gasteiger partial charge in [-0.15, -0.1) is 11.3 Å². The van der Waals surface area contributed by atoms with Gasteiger partial charge in [-0.25, -0.2) is 23.1 Å². The van der Waals surface area contributed by atoms with Gasteiger partial charge < -0.3 is 10.6 Å². The van der Waals surface area contributed by atoms with Crippen LogP contribution in [0, 0.1) is 6.92 Å². The van der Waals surface area contributed by atoms with Gasteiger partial charge in [0.1, 0.15) is 5.01 Å². The maximum Gasteiger partial charge on any atom is 0.245 e. The first-order valence-corrected chi connectivity index (χ1v) is 14.1. The van der Waals surface area contributed by atoms with E-state index in [2.05, 4.69) is 20.7 Å². The molecule has 36 heavy (non-hydrogen) atoms. The third-order valence-corrected chi connectivity index (χ3v) is 8.17. The summed E-state index contributed by atoms with van der Waals surface area (Å²) in [6, 6.07) is 13.2. The van der Waals surface area contributed by atoms with Crippen LogP contribution < -0.4 is 10.6 Å². The molecular formula is C24H24N6O4S2. The van der Waals surface area contributed by atoms with Gasteiger partial charge in [0.05, 0.1) is 28.1 Å². The fourth-order valence-corrected chi connectivity index (χ4v) is 6.27. The Morgan fingerprint density at radius 3 is 2.67 bits per heavy atom. The molecule has 0 aliphatic heterocycles. The summed E-state index contributed by atoms with van der Waals surface area (Å²) in [5.74, 6) is -0.441. The maximum absolute atomic E-state index is 12.8. The average Bonchev–Trinajstić information content (AvgIpc) is 3.37. The summed E-state index contributed by atoms with van der Waals surface area (Å²) >= 11 is 1.13. The van der Waals surface area contributed by atoms with Gasteiger partial charge in [-0.3, -0.25) is 9.59 Å². The molecule has 1 aromatic carbocycles. The summed E-state index contributed by atoms with van der Waals surface area (Å²) in [5, 5.41) is 8.25. The zero-order valence-corrected chi connectivity index (χ0v) is 21.3. The van der Waals surface area contributed by atoms with Gasteiger partial charge in [-0.05, 0) is 50.1 Å². The second-order valence-corrected chi connectivity index (χ2v) is 12.0. The third kappa shape index (κ3) is 5.29.